The number of aromatic nitrogens is 2. The van der Waals surface area contributed by atoms with Gasteiger partial charge in [-0.05, 0) is 49.4 Å². The Balaban J connectivity index is 1.67. The SMILES string of the molecule is CCOc1ccc(C2(C(Oc3cc(-c4ccc(C[C@H](N)C(=O)O)cc4)nc(N)n3)C(F)(F)F)CCCCC2)cc1. The van der Waals surface area contributed by atoms with Crippen LogP contribution in [0.4, 0.5) is 19.1 Å². The summed E-state index contributed by atoms with van der Waals surface area (Å²) in [7, 11) is 0. The van der Waals surface area contributed by atoms with Gasteiger partial charge in [-0.3, -0.25) is 4.79 Å². The van der Waals surface area contributed by atoms with Gasteiger partial charge in [-0.25, -0.2) is 4.98 Å². The van der Waals surface area contributed by atoms with E-state index in [1.165, 1.54) is 6.07 Å². The Hall–Kier alpha value is -3.86. The second-order valence-electron chi connectivity index (χ2n) is 10.0. The van der Waals surface area contributed by atoms with Gasteiger partial charge in [0.25, 0.3) is 0 Å². The van der Waals surface area contributed by atoms with Crippen LogP contribution in [0.15, 0.2) is 54.6 Å². The number of carbonyl (C=O) groups is 1. The number of carboxylic acids is 1. The third kappa shape index (κ3) is 6.64. The first-order valence-corrected chi connectivity index (χ1v) is 13.2. The minimum atomic E-state index is -4.69. The molecule has 11 heteroatoms. The highest BCUT2D eigenvalue weighted by atomic mass is 19.4. The molecule has 0 saturated heterocycles. The van der Waals surface area contributed by atoms with Gasteiger partial charge in [-0.15, -0.1) is 0 Å². The number of nitrogen functional groups attached to an aromatic ring is 1. The molecular weight excluding hydrogens is 525 g/mol. The van der Waals surface area contributed by atoms with Gasteiger partial charge in [0.05, 0.1) is 12.3 Å². The van der Waals surface area contributed by atoms with E-state index in [1.807, 2.05) is 6.92 Å². The summed E-state index contributed by atoms with van der Waals surface area (Å²) in [4.78, 5) is 19.2. The molecule has 2 aromatic carbocycles. The first-order chi connectivity index (χ1) is 19.0. The van der Waals surface area contributed by atoms with Crippen molar-refractivity contribution < 1.29 is 32.5 Å². The summed E-state index contributed by atoms with van der Waals surface area (Å²) in [6, 6.07) is 13.7. The third-order valence-corrected chi connectivity index (χ3v) is 7.27. The highest BCUT2D eigenvalue weighted by Gasteiger charge is 2.56. The van der Waals surface area contributed by atoms with Crippen molar-refractivity contribution in [1.29, 1.82) is 0 Å². The third-order valence-electron chi connectivity index (χ3n) is 7.27. The van der Waals surface area contributed by atoms with Crippen LogP contribution in [0.3, 0.4) is 0 Å². The number of ether oxygens (including phenoxy) is 2. The summed E-state index contributed by atoms with van der Waals surface area (Å²) < 4.78 is 55.5. The first-order valence-electron chi connectivity index (χ1n) is 13.2. The zero-order valence-electron chi connectivity index (χ0n) is 22.2. The fraction of sp³-hybridized carbons (Fsp3) is 0.414. The standard InChI is InChI=1S/C29H33F3N4O4/c1-2-39-21-12-10-20(11-13-21)28(14-4-3-5-15-28)26(29(30,31)32)40-24-17-23(35-27(34)36-24)19-8-6-18(7-9-19)16-22(33)25(37)38/h6-13,17,22,26H,2-5,14-16,33H2,1H3,(H,37,38)(H2,34,35,36)/t22-,26?/m0/s1. The summed E-state index contributed by atoms with van der Waals surface area (Å²) in [5.74, 6) is -1.04. The van der Waals surface area contributed by atoms with Crippen LogP contribution in [-0.2, 0) is 16.6 Å². The van der Waals surface area contributed by atoms with Crippen LogP contribution in [0, 0.1) is 0 Å². The smallest absolute Gasteiger partial charge is 0.426 e. The molecule has 3 aromatic rings. The first kappa shape index (κ1) is 29.1. The number of rotatable bonds is 10. The van der Waals surface area contributed by atoms with E-state index in [2.05, 4.69) is 9.97 Å². The molecule has 214 valence electrons. The molecule has 0 aliphatic heterocycles. The summed E-state index contributed by atoms with van der Waals surface area (Å²) in [6.45, 7) is 2.30. The Labute approximate surface area is 230 Å². The molecule has 40 heavy (non-hydrogen) atoms. The summed E-state index contributed by atoms with van der Waals surface area (Å²) in [5.41, 5.74) is 12.2. The fourth-order valence-corrected chi connectivity index (χ4v) is 5.35. The molecule has 4 rings (SSSR count). The molecule has 1 aliphatic carbocycles. The van der Waals surface area contributed by atoms with E-state index < -0.39 is 29.7 Å². The van der Waals surface area contributed by atoms with Gasteiger partial charge in [0.15, 0.2) is 0 Å². The van der Waals surface area contributed by atoms with E-state index in [1.54, 1.807) is 48.5 Å². The lowest BCUT2D eigenvalue weighted by Crippen LogP contribution is -2.53. The number of anilines is 1. The van der Waals surface area contributed by atoms with Crippen LogP contribution >= 0.6 is 0 Å². The maximum absolute atomic E-state index is 14.8. The van der Waals surface area contributed by atoms with E-state index >= 15 is 0 Å². The molecule has 1 saturated carbocycles. The summed E-state index contributed by atoms with van der Waals surface area (Å²) >= 11 is 0. The second-order valence-corrected chi connectivity index (χ2v) is 10.0. The number of nitrogens with zero attached hydrogens (tertiary/aromatic N) is 2. The zero-order chi connectivity index (χ0) is 28.9. The fourth-order valence-electron chi connectivity index (χ4n) is 5.35. The molecule has 1 aromatic heterocycles. The monoisotopic (exact) mass is 558 g/mol. The van der Waals surface area contributed by atoms with Gasteiger partial charge < -0.3 is 26.0 Å². The van der Waals surface area contributed by atoms with Crippen molar-refractivity contribution in [2.75, 3.05) is 12.3 Å². The molecule has 0 bridgehead atoms. The molecule has 1 unspecified atom stereocenters. The predicted octanol–water partition coefficient (Wildman–Crippen LogP) is 5.29. The number of benzene rings is 2. The van der Waals surface area contributed by atoms with Gasteiger partial charge >= 0.3 is 12.1 Å². The van der Waals surface area contributed by atoms with Crippen molar-refractivity contribution in [3.63, 3.8) is 0 Å². The lowest BCUT2D eigenvalue weighted by molar-refractivity contribution is -0.220. The number of alkyl halides is 3. The minimum absolute atomic E-state index is 0.122. The van der Waals surface area contributed by atoms with Crippen LogP contribution in [0.25, 0.3) is 11.3 Å². The Morgan fingerprint density at radius 3 is 2.27 bits per heavy atom. The average Bonchev–Trinajstić information content (AvgIpc) is 2.92. The molecule has 8 nitrogen and oxygen atoms in total. The lowest BCUT2D eigenvalue weighted by atomic mass is 9.65. The molecule has 1 aliphatic rings. The van der Waals surface area contributed by atoms with Crippen molar-refractivity contribution in [1.82, 2.24) is 9.97 Å². The quantitative estimate of drug-likeness (QED) is 0.306. The second kappa shape index (κ2) is 12.1. The Kier molecular flexibility index (Phi) is 8.82. The number of halogens is 3. The van der Waals surface area contributed by atoms with Crippen molar-refractivity contribution in [3.8, 4) is 22.9 Å². The maximum atomic E-state index is 14.8. The molecule has 1 fully saturated rings. The van der Waals surface area contributed by atoms with Gasteiger partial charge in [0.2, 0.25) is 17.9 Å². The topological polar surface area (TPSA) is 134 Å². The molecule has 5 N–H and O–H groups in total. The van der Waals surface area contributed by atoms with Crippen molar-refractivity contribution in [3.05, 3.63) is 65.7 Å². The minimum Gasteiger partial charge on any atom is -0.494 e. The Bertz CT molecular complexity index is 1290. The molecule has 0 amide bonds. The van der Waals surface area contributed by atoms with Crippen molar-refractivity contribution in [2.24, 2.45) is 5.73 Å². The predicted molar refractivity (Wildman–Crippen MR) is 144 cm³/mol. The van der Waals surface area contributed by atoms with Crippen LogP contribution in [0.2, 0.25) is 0 Å². The zero-order valence-corrected chi connectivity index (χ0v) is 22.2. The summed E-state index contributed by atoms with van der Waals surface area (Å²) in [6.07, 6.45) is -4.01. The number of aliphatic carboxylic acids is 1. The van der Waals surface area contributed by atoms with Crippen LogP contribution in [0.5, 0.6) is 11.6 Å². The lowest BCUT2D eigenvalue weighted by Gasteiger charge is -2.44. The molecule has 2 atom stereocenters. The van der Waals surface area contributed by atoms with Gasteiger partial charge in [-0.1, -0.05) is 55.7 Å². The number of hydrogen-bond acceptors (Lipinski definition) is 7. The van der Waals surface area contributed by atoms with Gasteiger partial charge in [0, 0.05) is 17.0 Å². The Morgan fingerprint density at radius 1 is 1.05 bits per heavy atom. The van der Waals surface area contributed by atoms with Crippen molar-refractivity contribution in [2.45, 2.75) is 69.2 Å². The molecular formula is C29H33F3N4O4. The van der Waals surface area contributed by atoms with E-state index in [0.29, 0.717) is 54.7 Å². The van der Waals surface area contributed by atoms with E-state index in [9.17, 15) is 18.0 Å². The number of hydrogen-bond donors (Lipinski definition) is 3. The van der Waals surface area contributed by atoms with Gasteiger partial charge in [0.1, 0.15) is 11.8 Å². The van der Waals surface area contributed by atoms with E-state index in [-0.39, 0.29) is 23.9 Å². The molecule has 1 heterocycles. The largest absolute Gasteiger partial charge is 0.494 e. The van der Waals surface area contributed by atoms with Gasteiger partial charge in [-0.2, -0.15) is 18.2 Å². The molecule has 0 spiro atoms. The molecule has 0 radical (unpaired) electrons. The van der Waals surface area contributed by atoms with Crippen molar-refractivity contribution >= 4 is 11.9 Å². The number of nitrogens with two attached hydrogens (primary N) is 2. The average molecular weight is 559 g/mol. The Morgan fingerprint density at radius 2 is 1.70 bits per heavy atom. The van der Waals surface area contributed by atoms with Crippen LogP contribution < -0.4 is 20.9 Å². The van der Waals surface area contributed by atoms with E-state index in [4.69, 9.17) is 26.0 Å². The number of carboxylic acid groups (broad SMARTS) is 1. The highest BCUT2D eigenvalue weighted by molar-refractivity contribution is 5.73. The van der Waals surface area contributed by atoms with E-state index in [0.717, 1.165) is 6.42 Å². The summed E-state index contributed by atoms with van der Waals surface area (Å²) in [5, 5.41) is 9.03. The van der Waals surface area contributed by atoms with Crippen LogP contribution in [0.1, 0.15) is 50.2 Å². The normalized spacial score (nSPS) is 16.6. The highest BCUT2D eigenvalue weighted by Crippen LogP contribution is 2.49. The van der Waals surface area contributed by atoms with Crippen LogP contribution in [-0.4, -0.2) is 46.0 Å². The maximum Gasteiger partial charge on any atom is 0.426 e.